The van der Waals surface area contributed by atoms with Gasteiger partial charge in [-0.25, -0.2) is 4.79 Å². The van der Waals surface area contributed by atoms with Crippen LogP contribution in [0, 0.1) is 0 Å². The fourth-order valence-corrected chi connectivity index (χ4v) is 2.02. The van der Waals surface area contributed by atoms with E-state index in [4.69, 9.17) is 4.74 Å². The van der Waals surface area contributed by atoms with E-state index in [1.807, 2.05) is 12.1 Å². The summed E-state index contributed by atoms with van der Waals surface area (Å²) in [5.41, 5.74) is 1.58. The molecule has 1 amide bonds. The molecule has 0 aromatic heterocycles. The highest BCUT2D eigenvalue weighted by Crippen LogP contribution is 2.08. The molecule has 0 saturated heterocycles. The minimum atomic E-state index is -0.730. The molecule has 1 aromatic carbocycles. The molecule has 0 saturated carbocycles. The Morgan fingerprint density at radius 1 is 1.37 bits per heavy atom. The topological polar surface area (TPSA) is 55.4 Å². The third-order valence-electron chi connectivity index (χ3n) is 2.43. The average Bonchev–Trinajstić information content (AvgIpc) is 2.44. The van der Waals surface area contributed by atoms with Crippen LogP contribution < -0.4 is 5.32 Å². The molecule has 0 spiro atoms. The number of ether oxygens (including phenoxy) is 1. The van der Waals surface area contributed by atoms with Gasteiger partial charge in [-0.1, -0.05) is 28.1 Å². The fourth-order valence-electron chi connectivity index (χ4n) is 1.41. The molecule has 1 rings (SSSR count). The Labute approximate surface area is 126 Å². The Balaban J connectivity index is 2.68. The monoisotopic (exact) mass is 345 g/mol. The van der Waals surface area contributed by atoms with Crippen molar-refractivity contribution in [2.75, 3.05) is 12.4 Å². The lowest BCUT2D eigenvalue weighted by atomic mass is 10.1. The highest BCUT2D eigenvalue weighted by atomic mass is 79.9. The summed E-state index contributed by atoms with van der Waals surface area (Å²) in [5.74, 6) is -0.583. The summed E-state index contributed by atoms with van der Waals surface area (Å²) in [6.45, 7) is 1.99. The van der Waals surface area contributed by atoms with Crippen molar-refractivity contribution < 1.29 is 14.3 Å². The smallest absolute Gasteiger partial charge is 0.329 e. The lowest BCUT2D eigenvalue weighted by Gasteiger charge is -2.15. The Hall–Kier alpha value is -1.01. The maximum absolute atomic E-state index is 12.0. The second kappa shape index (κ2) is 8.22. The van der Waals surface area contributed by atoms with E-state index in [9.17, 15) is 9.59 Å². The minimum Gasteiger partial charge on any atom is -0.464 e. The quantitative estimate of drug-likeness (QED) is 0.472. The van der Waals surface area contributed by atoms with E-state index in [1.165, 1.54) is 0 Å². The predicted molar refractivity (Wildman–Crippen MR) is 80.8 cm³/mol. The van der Waals surface area contributed by atoms with Gasteiger partial charge in [0.15, 0.2) is 0 Å². The van der Waals surface area contributed by atoms with Crippen LogP contribution in [0.5, 0.6) is 0 Å². The Morgan fingerprint density at radius 2 is 2.00 bits per heavy atom. The highest BCUT2D eigenvalue weighted by Gasteiger charge is 2.20. The largest absolute Gasteiger partial charge is 0.464 e. The number of halogens is 1. The van der Waals surface area contributed by atoms with Crippen LogP contribution >= 0.6 is 28.6 Å². The van der Waals surface area contributed by atoms with Gasteiger partial charge in [-0.3, -0.25) is 4.79 Å². The number of hydrogen-bond donors (Lipinski definition) is 2. The molecule has 0 aliphatic heterocycles. The lowest BCUT2D eigenvalue weighted by Crippen LogP contribution is -2.43. The molecule has 19 heavy (non-hydrogen) atoms. The second-order valence-electron chi connectivity index (χ2n) is 3.79. The van der Waals surface area contributed by atoms with Gasteiger partial charge in [-0.15, -0.1) is 0 Å². The van der Waals surface area contributed by atoms with Crippen LogP contribution in [0.4, 0.5) is 0 Å². The molecule has 1 unspecified atom stereocenters. The number of nitrogens with one attached hydrogen (secondary N) is 1. The zero-order chi connectivity index (χ0) is 14.3. The number of benzene rings is 1. The van der Waals surface area contributed by atoms with Crippen molar-refractivity contribution >= 4 is 40.4 Å². The van der Waals surface area contributed by atoms with Gasteiger partial charge >= 0.3 is 5.97 Å². The molecule has 0 bridgehead atoms. The van der Waals surface area contributed by atoms with Crippen molar-refractivity contribution in [2.45, 2.75) is 18.3 Å². The fraction of sp³-hybridized carbons (Fsp3) is 0.385. The highest BCUT2D eigenvalue weighted by molar-refractivity contribution is 9.08. The molecule has 1 aromatic rings. The molecular formula is C13H16BrNO3S. The minimum absolute atomic E-state index is 0.198. The van der Waals surface area contributed by atoms with Crippen LogP contribution in [-0.4, -0.2) is 30.3 Å². The molecule has 104 valence electrons. The number of amides is 1. The number of hydrogen-bond acceptors (Lipinski definition) is 4. The molecule has 6 heteroatoms. The van der Waals surface area contributed by atoms with Crippen LogP contribution in [-0.2, 0) is 14.9 Å². The first kappa shape index (κ1) is 16.0. The van der Waals surface area contributed by atoms with Crippen molar-refractivity contribution in [1.29, 1.82) is 0 Å². The molecule has 0 fully saturated rings. The summed E-state index contributed by atoms with van der Waals surface area (Å²) in [6.07, 6.45) is 0. The van der Waals surface area contributed by atoms with Crippen molar-refractivity contribution in [1.82, 2.24) is 5.32 Å². The van der Waals surface area contributed by atoms with Crippen molar-refractivity contribution in [3.63, 3.8) is 0 Å². The molecule has 0 heterocycles. The van der Waals surface area contributed by atoms with Gasteiger partial charge in [-0.05, 0) is 24.6 Å². The summed E-state index contributed by atoms with van der Waals surface area (Å²) in [5, 5.41) is 3.34. The van der Waals surface area contributed by atoms with Gasteiger partial charge in [-0.2, -0.15) is 12.6 Å². The first-order valence-electron chi connectivity index (χ1n) is 5.85. The second-order valence-corrected chi connectivity index (χ2v) is 4.72. The zero-order valence-electron chi connectivity index (χ0n) is 10.6. The van der Waals surface area contributed by atoms with Crippen molar-refractivity contribution in [2.24, 2.45) is 0 Å². The lowest BCUT2D eigenvalue weighted by molar-refractivity contribution is -0.144. The summed E-state index contributed by atoms with van der Waals surface area (Å²) in [7, 11) is 0. The molecule has 1 atom stereocenters. The Morgan fingerprint density at radius 3 is 2.47 bits per heavy atom. The maximum Gasteiger partial charge on any atom is 0.329 e. The predicted octanol–water partition coefficient (Wildman–Crippen LogP) is 2.17. The van der Waals surface area contributed by atoms with Gasteiger partial charge in [0.1, 0.15) is 6.04 Å². The zero-order valence-corrected chi connectivity index (χ0v) is 13.0. The van der Waals surface area contributed by atoms with Gasteiger partial charge < -0.3 is 10.1 Å². The van der Waals surface area contributed by atoms with Gasteiger partial charge in [0.2, 0.25) is 0 Å². The third kappa shape index (κ3) is 4.87. The number of thiol groups is 1. The van der Waals surface area contributed by atoms with Crippen LogP contribution in [0.3, 0.4) is 0 Å². The molecule has 0 radical (unpaired) electrons. The number of esters is 1. The van der Waals surface area contributed by atoms with Crippen molar-refractivity contribution in [3.05, 3.63) is 35.4 Å². The van der Waals surface area contributed by atoms with E-state index < -0.39 is 12.0 Å². The van der Waals surface area contributed by atoms with Crippen molar-refractivity contribution in [3.8, 4) is 0 Å². The normalized spacial score (nSPS) is 11.7. The number of carbonyl (C=O) groups excluding carboxylic acids is 2. The van der Waals surface area contributed by atoms with Gasteiger partial charge in [0.25, 0.3) is 5.91 Å². The third-order valence-corrected chi connectivity index (χ3v) is 3.44. The van der Waals surface area contributed by atoms with Crippen LogP contribution in [0.2, 0.25) is 0 Å². The summed E-state index contributed by atoms with van der Waals surface area (Å²) < 4.78 is 4.86. The maximum atomic E-state index is 12.0. The molecule has 0 aliphatic rings. The van der Waals surface area contributed by atoms with Gasteiger partial charge in [0.05, 0.1) is 6.61 Å². The van der Waals surface area contributed by atoms with Gasteiger partial charge in [0, 0.05) is 16.6 Å². The van der Waals surface area contributed by atoms with E-state index in [1.54, 1.807) is 19.1 Å². The average molecular weight is 346 g/mol. The molecule has 0 aliphatic carbocycles. The Kier molecular flexibility index (Phi) is 6.94. The van der Waals surface area contributed by atoms with Crippen LogP contribution in [0.15, 0.2) is 24.3 Å². The summed E-state index contributed by atoms with van der Waals surface area (Å²) >= 11 is 7.38. The van der Waals surface area contributed by atoms with Crippen LogP contribution in [0.25, 0.3) is 0 Å². The first-order valence-corrected chi connectivity index (χ1v) is 7.61. The first-order chi connectivity index (χ1) is 9.12. The molecular weight excluding hydrogens is 330 g/mol. The standard InChI is InChI=1S/C13H16BrNO3S/c1-2-18-13(17)11(8-19)15-12(16)10-5-3-9(7-14)4-6-10/h3-6,11,19H,2,7-8H2,1H3,(H,15,16). The van der Waals surface area contributed by atoms with E-state index in [2.05, 4.69) is 33.9 Å². The van der Waals surface area contributed by atoms with E-state index in [0.717, 1.165) is 10.9 Å². The number of carbonyl (C=O) groups is 2. The Bertz CT molecular complexity index is 436. The van der Waals surface area contributed by atoms with E-state index in [-0.39, 0.29) is 18.3 Å². The van der Waals surface area contributed by atoms with E-state index >= 15 is 0 Å². The summed E-state index contributed by atoms with van der Waals surface area (Å²) in [4.78, 5) is 23.5. The molecule has 1 N–H and O–H groups in total. The number of alkyl halides is 1. The molecule has 4 nitrogen and oxygen atoms in total. The van der Waals surface area contributed by atoms with E-state index in [0.29, 0.717) is 5.56 Å². The summed E-state index contributed by atoms with van der Waals surface area (Å²) in [6, 6.07) is 6.40. The SMILES string of the molecule is CCOC(=O)C(CS)NC(=O)c1ccc(CBr)cc1. The number of rotatable bonds is 6. The van der Waals surface area contributed by atoms with Crippen LogP contribution in [0.1, 0.15) is 22.8 Å².